The lowest BCUT2D eigenvalue weighted by Gasteiger charge is -2.08. The number of aromatic nitrogens is 2. The predicted molar refractivity (Wildman–Crippen MR) is 71.2 cm³/mol. The van der Waals surface area contributed by atoms with Crippen molar-refractivity contribution in [1.82, 2.24) is 9.78 Å². The molecule has 0 aliphatic heterocycles. The predicted octanol–water partition coefficient (Wildman–Crippen LogP) is 1.10. The summed E-state index contributed by atoms with van der Waals surface area (Å²) in [6.07, 6.45) is 1.52. The molecule has 0 fully saturated rings. The zero-order chi connectivity index (χ0) is 12.8. The molecule has 0 bridgehead atoms. The summed E-state index contributed by atoms with van der Waals surface area (Å²) in [4.78, 5) is 11.6. The van der Waals surface area contributed by atoms with E-state index in [4.69, 9.17) is 11.6 Å². The van der Waals surface area contributed by atoms with E-state index in [2.05, 4.69) is 10.4 Å². The van der Waals surface area contributed by atoms with Gasteiger partial charge in [0.15, 0.2) is 0 Å². The van der Waals surface area contributed by atoms with Gasteiger partial charge in [-0.15, -0.1) is 0 Å². The van der Waals surface area contributed by atoms with Gasteiger partial charge in [-0.2, -0.15) is 5.10 Å². The van der Waals surface area contributed by atoms with Gasteiger partial charge in [-0.05, 0) is 6.92 Å². The molecule has 96 valence electrons. The molecule has 0 amide bonds. The summed E-state index contributed by atoms with van der Waals surface area (Å²) < 4.78 is 12.5. The molecular formula is C10H16ClN3O2S. The number of anilines is 1. The highest BCUT2D eigenvalue weighted by Crippen LogP contribution is 2.14. The summed E-state index contributed by atoms with van der Waals surface area (Å²) in [7, 11) is -0.828. The molecule has 1 atom stereocenters. The molecule has 1 unspecified atom stereocenters. The fraction of sp³-hybridized carbons (Fsp3) is 0.600. The second kappa shape index (κ2) is 6.76. The van der Waals surface area contributed by atoms with Gasteiger partial charge < -0.3 is 5.32 Å². The van der Waals surface area contributed by atoms with Crippen LogP contribution in [0.5, 0.6) is 0 Å². The summed E-state index contributed by atoms with van der Waals surface area (Å²) in [5.41, 5.74) is 0.185. The molecule has 17 heavy (non-hydrogen) atoms. The molecular weight excluding hydrogens is 262 g/mol. The van der Waals surface area contributed by atoms with Gasteiger partial charge in [0.25, 0.3) is 5.56 Å². The van der Waals surface area contributed by atoms with E-state index in [1.807, 2.05) is 13.8 Å². The van der Waals surface area contributed by atoms with Gasteiger partial charge in [0, 0.05) is 35.4 Å². The zero-order valence-electron chi connectivity index (χ0n) is 9.90. The van der Waals surface area contributed by atoms with Crippen LogP contribution in [0.2, 0.25) is 5.02 Å². The highest BCUT2D eigenvalue weighted by molar-refractivity contribution is 7.84. The number of aryl methyl sites for hydroxylation is 1. The van der Waals surface area contributed by atoms with Crippen LogP contribution in [0.3, 0.4) is 0 Å². The minimum absolute atomic E-state index is 0.129. The van der Waals surface area contributed by atoms with Crippen LogP contribution in [0.1, 0.15) is 13.8 Å². The van der Waals surface area contributed by atoms with Crippen molar-refractivity contribution in [2.75, 3.05) is 23.4 Å². The quantitative estimate of drug-likeness (QED) is 0.846. The average Bonchev–Trinajstić information content (AvgIpc) is 2.34. The monoisotopic (exact) mass is 277 g/mol. The molecule has 0 aromatic carbocycles. The summed E-state index contributed by atoms with van der Waals surface area (Å²) in [6.45, 7) is 4.69. The SMILES string of the molecule is CCn1ncc(NCCS(=O)CC)c(Cl)c1=O. The number of halogens is 1. The summed E-state index contributed by atoms with van der Waals surface area (Å²) in [6, 6.07) is 0. The number of nitrogens with one attached hydrogen (secondary N) is 1. The van der Waals surface area contributed by atoms with Crippen molar-refractivity contribution in [3.05, 3.63) is 21.6 Å². The Morgan fingerprint density at radius 2 is 2.24 bits per heavy atom. The first kappa shape index (κ1) is 14.2. The minimum atomic E-state index is -0.828. The first-order valence-corrected chi connectivity index (χ1v) is 7.31. The largest absolute Gasteiger partial charge is 0.381 e. The van der Waals surface area contributed by atoms with Crippen molar-refractivity contribution in [1.29, 1.82) is 0 Å². The smallest absolute Gasteiger partial charge is 0.287 e. The lowest BCUT2D eigenvalue weighted by atomic mass is 10.4. The fourth-order valence-corrected chi connectivity index (χ4v) is 2.09. The number of hydrogen-bond acceptors (Lipinski definition) is 4. The third kappa shape index (κ3) is 3.81. The van der Waals surface area contributed by atoms with E-state index in [0.29, 0.717) is 30.3 Å². The standard InChI is InChI=1S/C10H16ClN3O2S/c1-3-14-10(15)9(11)8(7-13-14)12-5-6-17(16)4-2/h7,12H,3-6H2,1-2H3. The van der Waals surface area contributed by atoms with E-state index in [9.17, 15) is 9.00 Å². The average molecular weight is 278 g/mol. The van der Waals surface area contributed by atoms with Crippen LogP contribution in [0.25, 0.3) is 0 Å². The summed E-state index contributed by atoms with van der Waals surface area (Å²) >= 11 is 5.91. The first-order valence-electron chi connectivity index (χ1n) is 5.44. The molecule has 1 aromatic heterocycles. The molecule has 1 N–H and O–H groups in total. The summed E-state index contributed by atoms with van der Waals surface area (Å²) in [5, 5.41) is 7.06. The van der Waals surface area contributed by atoms with Crippen LogP contribution in [-0.2, 0) is 17.3 Å². The van der Waals surface area contributed by atoms with Gasteiger partial charge in [0.05, 0.1) is 11.9 Å². The Morgan fingerprint density at radius 1 is 1.53 bits per heavy atom. The van der Waals surface area contributed by atoms with Crippen molar-refractivity contribution in [2.24, 2.45) is 0 Å². The molecule has 0 saturated carbocycles. The maximum absolute atomic E-state index is 11.6. The Hall–Kier alpha value is -0.880. The Bertz CT molecular complexity index is 461. The Kier molecular flexibility index (Phi) is 5.64. The maximum Gasteiger partial charge on any atom is 0.287 e. The Labute approximate surface area is 108 Å². The van der Waals surface area contributed by atoms with Crippen LogP contribution >= 0.6 is 11.6 Å². The topological polar surface area (TPSA) is 64.0 Å². The van der Waals surface area contributed by atoms with E-state index in [-0.39, 0.29) is 10.6 Å². The normalized spacial score (nSPS) is 12.4. The van der Waals surface area contributed by atoms with E-state index in [0.717, 1.165) is 0 Å². The van der Waals surface area contributed by atoms with E-state index < -0.39 is 10.8 Å². The molecule has 5 nitrogen and oxygen atoms in total. The highest BCUT2D eigenvalue weighted by atomic mass is 35.5. The van der Waals surface area contributed by atoms with Gasteiger partial charge in [0.1, 0.15) is 5.02 Å². The molecule has 0 aliphatic rings. The van der Waals surface area contributed by atoms with Crippen molar-refractivity contribution in [3.63, 3.8) is 0 Å². The van der Waals surface area contributed by atoms with Gasteiger partial charge in [-0.25, -0.2) is 4.68 Å². The van der Waals surface area contributed by atoms with Gasteiger partial charge >= 0.3 is 0 Å². The van der Waals surface area contributed by atoms with Crippen molar-refractivity contribution < 1.29 is 4.21 Å². The van der Waals surface area contributed by atoms with Crippen LogP contribution in [0.4, 0.5) is 5.69 Å². The van der Waals surface area contributed by atoms with Crippen LogP contribution < -0.4 is 10.9 Å². The number of rotatable bonds is 6. The number of hydrogen-bond donors (Lipinski definition) is 1. The van der Waals surface area contributed by atoms with Gasteiger partial charge in [0.2, 0.25) is 0 Å². The lowest BCUT2D eigenvalue weighted by Crippen LogP contribution is -2.24. The van der Waals surface area contributed by atoms with Gasteiger partial charge in [-0.1, -0.05) is 18.5 Å². The molecule has 0 radical (unpaired) electrons. The minimum Gasteiger partial charge on any atom is -0.381 e. The van der Waals surface area contributed by atoms with Crippen molar-refractivity contribution >= 4 is 28.1 Å². The third-order valence-corrected chi connectivity index (χ3v) is 3.92. The molecule has 1 rings (SSSR count). The zero-order valence-corrected chi connectivity index (χ0v) is 11.5. The molecule has 0 aliphatic carbocycles. The Balaban J connectivity index is 2.70. The van der Waals surface area contributed by atoms with Crippen LogP contribution in [0, 0.1) is 0 Å². The van der Waals surface area contributed by atoms with E-state index >= 15 is 0 Å². The third-order valence-electron chi connectivity index (χ3n) is 2.25. The molecule has 0 saturated heterocycles. The van der Waals surface area contributed by atoms with Crippen molar-refractivity contribution in [3.8, 4) is 0 Å². The first-order chi connectivity index (χ1) is 8.10. The van der Waals surface area contributed by atoms with Crippen molar-refractivity contribution in [2.45, 2.75) is 20.4 Å². The van der Waals surface area contributed by atoms with Crippen LogP contribution in [-0.4, -0.2) is 32.0 Å². The van der Waals surface area contributed by atoms with Gasteiger partial charge in [-0.3, -0.25) is 9.00 Å². The molecule has 1 heterocycles. The second-order valence-corrected chi connectivity index (χ2v) is 5.60. The Morgan fingerprint density at radius 3 is 2.82 bits per heavy atom. The van der Waals surface area contributed by atoms with E-state index in [1.165, 1.54) is 10.9 Å². The summed E-state index contributed by atoms with van der Waals surface area (Å²) in [5.74, 6) is 1.16. The fourth-order valence-electron chi connectivity index (χ4n) is 1.26. The highest BCUT2D eigenvalue weighted by Gasteiger charge is 2.07. The lowest BCUT2D eigenvalue weighted by molar-refractivity contribution is 0.616. The maximum atomic E-state index is 11.6. The second-order valence-electron chi connectivity index (χ2n) is 3.35. The molecule has 1 aromatic rings. The van der Waals surface area contributed by atoms with Crippen LogP contribution in [0.15, 0.2) is 11.0 Å². The molecule has 7 heteroatoms. The van der Waals surface area contributed by atoms with E-state index in [1.54, 1.807) is 0 Å². The molecule has 0 spiro atoms. The number of nitrogens with zero attached hydrogens (tertiary/aromatic N) is 2.